The SMILES string of the molecule is Cc1nccn1CCCN1CCC[C@@H]1c1nc(C(N)=O)no1. The molecule has 3 rings (SSSR count). The van der Waals surface area contributed by atoms with Crippen molar-refractivity contribution in [1.29, 1.82) is 0 Å². The third-order valence-corrected chi connectivity index (χ3v) is 4.08. The van der Waals surface area contributed by atoms with E-state index in [-0.39, 0.29) is 11.9 Å². The molecule has 118 valence electrons. The molecule has 2 aromatic rings. The van der Waals surface area contributed by atoms with Crippen molar-refractivity contribution in [3.8, 4) is 0 Å². The maximum absolute atomic E-state index is 11.1. The summed E-state index contributed by atoms with van der Waals surface area (Å²) in [6.07, 6.45) is 6.88. The predicted molar refractivity (Wildman–Crippen MR) is 77.9 cm³/mol. The lowest BCUT2D eigenvalue weighted by Gasteiger charge is -2.21. The molecule has 2 aromatic heterocycles. The molecule has 0 aliphatic carbocycles. The fourth-order valence-corrected chi connectivity index (χ4v) is 2.93. The number of carbonyl (C=O) groups excluding carboxylic acids is 1. The Labute approximate surface area is 128 Å². The molecule has 0 aromatic carbocycles. The minimum absolute atomic E-state index is 0.0455. The van der Waals surface area contributed by atoms with Gasteiger partial charge in [0.25, 0.3) is 11.7 Å². The lowest BCUT2D eigenvalue weighted by molar-refractivity contribution is 0.0987. The third kappa shape index (κ3) is 3.01. The molecule has 8 nitrogen and oxygen atoms in total. The van der Waals surface area contributed by atoms with E-state index < -0.39 is 5.91 Å². The van der Waals surface area contributed by atoms with Gasteiger partial charge in [-0.05, 0) is 32.7 Å². The van der Waals surface area contributed by atoms with Crippen LogP contribution in [0, 0.1) is 6.92 Å². The molecule has 1 aliphatic heterocycles. The van der Waals surface area contributed by atoms with E-state index in [2.05, 4.69) is 24.6 Å². The molecule has 0 radical (unpaired) electrons. The summed E-state index contributed by atoms with van der Waals surface area (Å²) in [4.78, 5) is 21.7. The van der Waals surface area contributed by atoms with E-state index in [4.69, 9.17) is 10.3 Å². The van der Waals surface area contributed by atoms with Crippen molar-refractivity contribution >= 4 is 5.91 Å². The fraction of sp³-hybridized carbons (Fsp3) is 0.571. The summed E-state index contributed by atoms with van der Waals surface area (Å²) in [5, 5.41) is 3.63. The summed E-state index contributed by atoms with van der Waals surface area (Å²) in [5.41, 5.74) is 5.16. The van der Waals surface area contributed by atoms with Crippen LogP contribution in [0.25, 0.3) is 0 Å². The second kappa shape index (κ2) is 6.27. The lowest BCUT2D eigenvalue weighted by Crippen LogP contribution is -2.25. The Morgan fingerprint density at radius 3 is 3.05 bits per heavy atom. The lowest BCUT2D eigenvalue weighted by atomic mass is 10.2. The molecule has 1 atom stereocenters. The first-order valence-corrected chi connectivity index (χ1v) is 7.50. The molecular formula is C14H20N6O2. The number of rotatable bonds is 6. The Kier molecular flexibility index (Phi) is 4.19. The van der Waals surface area contributed by atoms with Crippen molar-refractivity contribution in [2.75, 3.05) is 13.1 Å². The number of hydrogen-bond donors (Lipinski definition) is 1. The van der Waals surface area contributed by atoms with E-state index in [1.165, 1.54) is 0 Å². The second-order valence-corrected chi connectivity index (χ2v) is 5.54. The number of imidazole rings is 1. The van der Waals surface area contributed by atoms with Crippen molar-refractivity contribution in [2.45, 2.75) is 38.8 Å². The molecule has 0 unspecified atom stereocenters. The second-order valence-electron chi connectivity index (χ2n) is 5.54. The maximum atomic E-state index is 11.1. The largest absolute Gasteiger partial charge is 0.363 e. The number of aromatic nitrogens is 4. The molecule has 8 heteroatoms. The topological polar surface area (TPSA) is 103 Å². The highest BCUT2D eigenvalue weighted by Crippen LogP contribution is 2.30. The van der Waals surface area contributed by atoms with Gasteiger partial charge in [-0.15, -0.1) is 0 Å². The Balaban J connectivity index is 1.58. The van der Waals surface area contributed by atoms with Gasteiger partial charge in [-0.1, -0.05) is 5.16 Å². The molecule has 2 N–H and O–H groups in total. The molecule has 1 aliphatic rings. The van der Waals surface area contributed by atoms with E-state index >= 15 is 0 Å². The Hall–Kier alpha value is -2.22. The Bertz CT molecular complexity index is 649. The Morgan fingerprint density at radius 1 is 1.50 bits per heavy atom. The van der Waals surface area contributed by atoms with Crippen molar-refractivity contribution in [3.05, 3.63) is 29.9 Å². The zero-order valence-corrected chi connectivity index (χ0v) is 12.6. The van der Waals surface area contributed by atoms with Gasteiger partial charge < -0.3 is 14.8 Å². The number of nitrogens with zero attached hydrogens (tertiary/aromatic N) is 5. The van der Waals surface area contributed by atoms with Gasteiger partial charge in [-0.3, -0.25) is 9.69 Å². The van der Waals surface area contributed by atoms with Crippen LogP contribution >= 0.6 is 0 Å². The van der Waals surface area contributed by atoms with Crippen LogP contribution in [-0.4, -0.2) is 43.6 Å². The standard InChI is InChI=1S/C14H20N6O2/c1-10-16-5-9-19(10)7-3-8-20-6-2-4-11(20)14-17-13(12(15)21)18-22-14/h5,9,11H,2-4,6-8H2,1H3,(H2,15,21)/t11-/m1/s1. The van der Waals surface area contributed by atoms with Gasteiger partial charge in [0.2, 0.25) is 5.89 Å². The van der Waals surface area contributed by atoms with Gasteiger partial charge in [-0.2, -0.15) is 4.98 Å². The smallest absolute Gasteiger partial charge is 0.290 e. The molecule has 0 saturated carbocycles. The van der Waals surface area contributed by atoms with E-state index in [0.29, 0.717) is 5.89 Å². The maximum Gasteiger partial charge on any atom is 0.290 e. The first-order valence-electron chi connectivity index (χ1n) is 7.50. The van der Waals surface area contributed by atoms with E-state index in [0.717, 1.165) is 44.7 Å². The number of carbonyl (C=O) groups is 1. The van der Waals surface area contributed by atoms with Crippen molar-refractivity contribution in [1.82, 2.24) is 24.6 Å². The van der Waals surface area contributed by atoms with Crippen LogP contribution in [-0.2, 0) is 6.54 Å². The van der Waals surface area contributed by atoms with Gasteiger partial charge in [0.05, 0.1) is 6.04 Å². The van der Waals surface area contributed by atoms with Crippen LogP contribution in [0.2, 0.25) is 0 Å². The van der Waals surface area contributed by atoms with Crippen LogP contribution < -0.4 is 5.73 Å². The predicted octanol–water partition coefficient (Wildman–Crippen LogP) is 0.901. The molecule has 0 spiro atoms. The van der Waals surface area contributed by atoms with Crippen LogP contribution in [0.3, 0.4) is 0 Å². The number of aryl methyl sites for hydroxylation is 2. The third-order valence-electron chi connectivity index (χ3n) is 4.08. The first kappa shape index (κ1) is 14.7. The van der Waals surface area contributed by atoms with Crippen molar-refractivity contribution in [2.24, 2.45) is 5.73 Å². The van der Waals surface area contributed by atoms with Gasteiger partial charge in [0.15, 0.2) is 0 Å². The van der Waals surface area contributed by atoms with Crippen molar-refractivity contribution < 1.29 is 9.32 Å². The number of primary amides is 1. The Morgan fingerprint density at radius 2 is 2.36 bits per heavy atom. The number of likely N-dealkylation sites (tertiary alicyclic amines) is 1. The average molecular weight is 304 g/mol. The monoisotopic (exact) mass is 304 g/mol. The summed E-state index contributed by atoms with van der Waals surface area (Å²) >= 11 is 0. The summed E-state index contributed by atoms with van der Waals surface area (Å²) in [7, 11) is 0. The highest BCUT2D eigenvalue weighted by Gasteiger charge is 2.30. The van der Waals surface area contributed by atoms with Crippen LogP contribution in [0.5, 0.6) is 0 Å². The highest BCUT2D eigenvalue weighted by molar-refractivity contribution is 5.88. The highest BCUT2D eigenvalue weighted by atomic mass is 16.5. The van der Waals surface area contributed by atoms with E-state index in [1.807, 2.05) is 19.3 Å². The normalized spacial score (nSPS) is 18.9. The minimum Gasteiger partial charge on any atom is -0.363 e. The molecule has 3 heterocycles. The summed E-state index contributed by atoms with van der Waals surface area (Å²) in [6, 6.07) is 0.0875. The molecule has 1 amide bonds. The van der Waals surface area contributed by atoms with Crippen LogP contribution in [0.1, 0.15) is 47.6 Å². The summed E-state index contributed by atoms with van der Waals surface area (Å²) in [6.45, 7) is 4.88. The van der Waals surface area contributed by atoms with Crippen molar-refractivity contribution in [3.63, 3.8) is 0 Å². The van der Waals surface area contributed by atoms with Crippen LogP contribution in [0.4, 0.5) is 0 Å². The first-order chi connectivity index (χ1) is 10.6. The fourth-order valence-electron chi connectivity index (χ4n) is 2.93. The van der Waals surface area contributed by atoms with Gasteiger partial charge in [-0.25, -0.2) is 4.98 Å². The number of hydrogen-bond acceptors (Lipinski definition) is 6. The summed E-state index contributed by atoms with van der Waals surface area (Å²) < 4.78 is 7.33. The van der Waals surface area contributed by atoms with Crippen LogP contribution in [0.15, 0.2) is 16.9 Å². The van der Waals surface area contributed by atoms with Gasteiger partial charge in [0, 0.05) is 25.5 Å². The minimum atomic E-state index is -0.657. The zero-order chi connectivity index (χ0) is 15.5. The quantitative estimate of drug-likeness (QED) is 0.850. The van der Waals surface area contributed by atoms with Gasteiger partial charge >= 0.3 is 0 Å². The molecule has 1 saturated heterocycles. The molecule has 22 heavy (non-hydrogen) atoms. The zero-order valence-electron chi connectivity index (χ0n) is 12.6. The average Bonchev–Trinajstić information content (AvgIpc) is 3.19. The number of amides is 1. The summed E-state index contributed by atoms with van der Waals surface area (Å²) in [5.74, 6) is 0.817. The van der Waals surface area contributed by atoms with E-state index in [9.17, 15) is 4.79 Å². The van der Waals surface area contributed by atoms with E-state index in [1.54, 1.807) is 0 Å². The molecular weight excluding hydrogens is 284 g/mol. The molecule has 1 fully saturated rings. The molecule has 0 bridgehead atoms. The van der Waals surface area contributed by atoms with Gasteiger partial charge in [0.1, 0.15) is 5.82 Å². The number of nitrogens with two attached hydrogens (primary N) is 1.